The molecule has 1 aliphatic heterocycles. The van der Waals surface area contributed by atoms with Crippen molar-refractivity contribution in [2.75, 3.05) is 39.5 Å². The van der Waals surface area contributed by atoms with Gasteiger partial charge in [0.25, 0.3) is 0 Å². The Labute approximate surface area is 189 Å². The fourth-order valence-corrected chi connectivity index (χ4v) is 3.17. The second-order valence-electron chi connectivity index (χ2n) is 6.34. The second-order valence-corrected chi connectivity index (χ2v) is 7.19. The van der Waals surface area contributed by atoms with Crippen molar-refractivity contribution >= 4 is 53.1 Å². The molecule has 2 rings (SSSR count). The van der Waals surface area contributed by atoms with Gasteiger partial charge in [0.15, 0.2) is 5.96 Å². The van der Waals surface area contributed by atoms with Gasteiger partial charge >= 0.3 is 0 Å². The van der Waals surface area contributed by atoms with E-state index in [0.29, 0.717) is 22.5 Å². The van der Waals surface area contributed by atoms with Gasteiger partial charge in [0.2, 0.25) is 0 Å². The minimum absolute atomic E-state index is 0. The molecular weight excluding hydrogens is 500 g/mol. The zero-order valence-electron chi connectivity index (χ0n) is 15.8. The smallest absolute Gasteiger partial charge is 0.191 e. The first-order valence-electron chi connectivity index (χ1n) is 9.30. The van der Waals surface area contributed by atoms with Crippen LogP contribution < -0.4 is 10.6 Å². The highest BCUT2D eigenvalue weighted by molar-refractivity contribution is 14.0. The molecule has 5 nitrogen and oxygen atoms in total. The summed E-state index contributed by atoms with van der Waals surface area (Å²) in [4.78, 5) is 4.58. The summed E-state index contributed by atoms with van der Waals surface area (Å²) >= 11 is 12.1. The van der Waals surface area contributed by atoms with E-state index in [2.05, 4.69) is 15.6 Å². The van der Waals surface area contributed by atoms with Gasteiger partial charge < -0.3 is 20.1 Å². The third-order valence-corrected chi connectivity index (χ3v) is 4.81. The number of aliphatic imine (C=N–C) groups is 1. The second kappa shape index (κ2) is 14.7. The third kappa shape index (κ3) is 10.2. The molecule has 1 aromatic rings. The molecule has 27 heavy (non-hydrogen) atoms. The van der Waals surface area contributed by atoms with Crippen molar-refractivity contribution in [3.8, 4) is 0 Å². The van der Waals surface area contributed by atoms with E-state index in [0.717, 1.165) is 70.3 Å². The molecule has 0 saturated carbocycles. The van der Waals surface area contributed by atoms with Crippen LogP contribution in [-0.4, -0.2) is 45.5 Å². The first-order valence-corrected chi connectivity index (χ1v) is 10.1. The first-order chi connectivity index (χ1) is 12.7. The monoisotopic (exact) mass is 529 g/mol. The predicted molar refractivity (Wildman–Crippen MR) is 124 cm³/mol. The number of rotatable bonds is 9. The largest absolute Gasteiger partial charge is 0.381 e. The van der Waals surface area contributed by atoms with E-state index in [9.17, 15) is 0 Å². The van der Waals surface area contributed by atoms with Crippen molar-refractivity contribution in [2.45, 2.75) is 32.7 Å². The van der Waals surface area contributed by atoms with E-state index in [-0.39, 0.29) is 24.0 Å². The number of hydrogen-bond acceptors (Lipinski definition) is 3. The molecule has 0 radical (unpaired) electrons. The van der Waals surface area contributed by atoms with E-state index in [1.807, 2.05) is 19.1 Å². The fourth-order valence-electron chi connectivity index (χ4n) is 2.70. The van der Waals surface area contributed by atoms with Crippen molar-refractivity contribution in [1.29, 1.82) is 0 Å². The van der Waals surface area contributed by atoms with Crippen molar-refractivity contribution in [2.24, 2.45) is 10.9 Å². The summed E-state index contributed by atoms with van der Waals surface area (Å²) < 4.78 is 11.1. The Morgan fingerprint density at radius 3 is 2.74 bits per heavy atom. The maximum absolute atomic E-state index is 6.20. The van der Waals surface area contributed by atoms with Gasteiger partial charge in [0.1, 0.15) is 0 Å². The summed E-state index contributed by atoms with van der Waals surface area (Å²) in [5.41, 5.74) is 0.952. The molecule has 0 amide bonds. The molecule has 2 N–H and O–H groups in total. The van der Waals surface area contributed by atoms with E-state index in [1.165, 1.54) is 0 Å². The highest BCUT2D eigenvalue weighted by Gasteiger charge is 2.13. The van der Waals surface area contributed by atoms with Crippen LogP contribution in [0.15, 0.2) is 23.2 Å². The number of hydrogen-bond donors (Lipinski definition) is 2. The lowest BCUT2D eigenvalue weighted by atomic mass is 10.0. The Bertz CT molecular complexity index is 570. The van der Waals surface area contributed by atoms with Gasteiger partial charge in [-0.15, -0.1) is 24.0 Å². The van der Waals surface area contributed by atoms with Crippen LogP contribution >= 0.6 is 47.2 Å². The lowest BCUT2D eigenvalue weighted by Crippen LogP contribution is -2.38. The number of benzene rings is 1. The Morgan fingerprint density at radius 2 is 2.04 bits per heavy atom. The predicted octanol–water partition coefficient (Wildman–Crippen LogP) is 4.50. The molecule has 0 unspecified atom stereocenters. The standard InChI is InChI=1S/C19H29Cl2N3O2.HI/c1-2-22-19(24-13-16-4-5-17(20)12-18(16)21)23-8-3-9-26-14-15-6-10-25-11-7-15;/h4-5,12,15H,2-3,6-11,13-14H2,1H3,(H2,22,23,24);1H. The van der Waals surface area contributed by atoms with Gasteiger partial charge in [-0.05, 0) is 49.8 Å². The van der Waals surface area contributed by atoms with Crippen LogP contribution in [0.4, 0.5) is 0 Å². The van der Waals surface area contributed by atoms with Crippen molar-refractivity contribution < 1.29 is 9.47 Å². The number of halogens is 3. The molecule has 1 aromatic carbocycles. The molecule has 0 aliphatic carbocycles. The molecule has 0 bridgehead atoms. The Balaban J connectivity index is 0.00000364. The fraction of sp³-hybridized carbons (Fsp3) is 0.632. The van der Waals surface area contributed by atoms with Crippen molar-refractivity contribution in [1.82, 2.24) is 10.6 Å². The maximum Gasteiger partial charge on any atom is 0.191 e. The van der Waals surface area contributed by atoms with E-state index >= 15 is 0 Å². The highest BCUT2D eigenvalue weighted by Crippen LogP contribution is 2.21. The molecule has 154 valence electrons. The van der Waals surface area contributed by atoms with Crippen LogP contribution in [0.5, 0.6) is 0 Å². The lowest BCUT2D eigenvalue weighted by molar-refractivity contribution is 0.0203. The Morgan fingerprint density at radius 1 is 1.26 bits per heavy atom. The zero-order valence-corrected chi connectivity index (χ0v) is 19.7. The quantitative estimate of drug-likeness (QED) is 0.214. The van der Waals surface area contributed by atoms with Gasteiger partial charge in [-0.1, -0.05) is 29.3 Å². The number of ether oxygens (including phenoxy) is 2. The lowest BCUT2D eigenvalue weighted by Gasteiger charge is -2.21. The van der Waals surface area contributed by atoms with Crippen LogP contribution in [0, 0.1) is 5.92 Å². The summed E-state index contributed by atoms with van der Waals surface area (Å²) in [6, 6.07) is 5.47. The van der Waals surface area contributed by atoms with Gasteiger partial charge in [-0.2, -0.15) is 0 Å². The average Bonchev–Trinajstić information content (AvgIpc) is 2.64. The Kier molecular flexibility index (Phi) is 13.5. The van der Waals surface area contributed by atoms with E-state index < -0.39 is 0 Å². The summed E-state index contributed by atoms with van der Waals surface area (Å²) in [7, 11) is 0. The SMILES string of the molecule is CCNC(=NCc1ccc(Cl)cc1Cl)NCCCOCC1CCOCC1.I. The normalized spacial score (nSPS) is 15.3. The minimum atomic E-state index is 0. The summed E-state index contributed by atoms with van der Waals surface area (Å²) in [5.74, 6) is 1.43. The number of nitrogens with one attached hydrogen (secondary N) is 2. The molecule has 1 aliphatic rings. The van der Waals surface area contributed by atoms with Gasteiger partial charge in [0, 0.05) is 49.6 Å². The van der Waals surface area contributed by atoms with Crippen LogP contribution in [-0.2, 0) is 16.0 Å². The minimum Gasteiger partial charge on any atom is -0.381 e. The Hall–Kier alpha value is -0.280. The van der Waals surface area contributed by atoms with Crippen LogP contribution in [0.1, 0.15) is 31.7 Å². The van der Waals surface area contributed by atoms with E-state index in [4.69, 9.17) is 32.7 Å². The van der Waals surface area contributed by atoms with Crippen molar-refractivity contribution in [3.63, 3.8) is 0 Å². The zero-order chi connectivity index (χ0) is 18.6. The number of guanidine groups is 1. The number of nitrogens with zero attached hydrogens (tertiary/aromatic N) is 1. The molecular formula is C19H30Cl2IN3O2. The topological polar surface area (TPSA) is 54.9 Å². The van der Waals surface area contributed by atoms with Crippen molar-refractivity contribution in [3.05, 3.63) is 33.8 Å². The van der Waals surface area contributed by atoms with Crippen LogP contribution in [0.2, 0.25) is 10.0 Å². The highest BCUT2D eigenvalue weighted by atomic mass is 127. The molecule has 1 saturated heterocycles. The summed E-state index contributed by atoms with van der Waals surface area (Å²) in [6.07, 6.45) is 3.17. The molecule has 1 fully saturated rings. The average molecular weight is 530 g/mol. The molecule has 1 heterocycles. The van der Waals surface area contributed by atoms with Gasteiger partial charge in [-0.3, -0.25) is 0 Å². The molecule has 0 aromatic heterocycles. The molecule has 0 atom stereocenters. The molecule has 0 spiro atoms. The van der Waals surface area contributed by atoms with Crippen LogP contribution in [0.25, 0.3) is 0 Å². The van der Waals surface area contributed by atoms with Gasteiger partial charge in [0.05, 0.1) is 6.54 Å². The summed E-state index contributed by atoms with van der Waals surface area (Å²) in [6.45, 7) is 7.51. The first kappa shape index (κ1) is 24.8. The third-order valence-electron chi connectivity index (χ3n) is 4.22. The molecule has 8 heteroatoms. The van der Waals surface area contributed by atoms with Gasteiger partial charge in [-0.25, -0.2) is 4.99 Å². The maximum atomic E-state index is 6.20. The summed E-state index contributed by atoms with van der Waals surface area (Å²) in [5, 5.41) is 7.84. The van der Waals surface area contributed by atoms with Crippen LogP contribution in [0.3, 0.4) is 0 Å². The van der Waals surface area contributed by atoms with E-state index in [1.54, 1.807) is 6.07 Å².